The number of hydrogen-bond donors (Lipinski definition) is 1. The average molecular weight is 295 g/mol. The fourth-order valence-electron chi connectivity index (χ4n) is 3.05. The topological polar surface area (TPSA) is 45.2 Å². The van der Waals surface area contributed by atoms with E-state index in [-0.39, 0.29) is 11.9 Å². The number of amides is 1. The standard InChI is InChI=1S/C18H21N3O/c1-13-9-15(11-19-10-13)12-21-8-7-20-18(22)17(21)16-6-4-3-5-14(16)2/h3-6,9-11,17H,7-8,12H2,1-2H3,(H,20,22)/t17-/m1/s1. The van der Waals surface area contributed by atoms with E-state index < -0.39 is 0 Å². The van der Waals surface area contributed by atoms with Gasteiger partial charge in [0.2, 0.25) is 5.91 Å². The fraction of sp³-hybridized carbons (Fsp3) is 0.333. The van der Waals surface area contributed by atoms with Gasteiger partial charge in [-0.2, -0.15) is 0 Å². The lowest BCUT2D eigenvalue weighted by Crippen LogP contribution is -2.49. The normalized spacial score (nSPS) is 19.0. The summed E-state index contributed by atoms with van der Waals surface area (Å²) in [4.78, 5) is 18.9. The zero-order chi connectivity index (χ0) is 15.5. The molecular formula is C18H21N3O. The van der Waals surface area contributed by atoms with Crippen LogP contribution in [-0.4, -0.2) is 28.9 Å². The lowest BCUT2D eigenvalue weighted by molar-refractivity contribution is -0.129. The van der Waals surface area contributed by atoms with E-state index in [4.69, 9.17) is 0 Å². The Morgan fingerprint density at radius 2 is 2.09 bits per heavy atom. The van der Waals surface area contributed by atoms with Crippen LogP contribution in [0.2, 0.25) is 0 Å². The Hall–Kier alpha value is -2.20. The first-order chi connectivity index (χ1) is 10.6. The SMILES string of the molecule is Cc1cncc(CN2CCNC(=O)[C@H]2c2ccccc2C)c1. The third-order valence-corrected chi connectivity index (χ3v) is 4.11. The first-order valence-corrected chi connectivity index (χ1v) is 7.63. The van der Waals surface area contributed by atoms with Crippen LogP contribution in [0.5, 0.6) is 0 Å². The molecule has 0 bridgehead atoms. The van der Waals surface area contributed by atoms with Crippen molar-refractivity contribution >= 4 is 5.91 Å². The van der Waals surface area contributed by atoms with Crippen LogP contribution in [0, 0.1) is 13.8 Å². The van der Waals surface area contributed by atoms with Crippen molar-refractivity contribution in [2.75, 3.05) is 13.1 Å². The molecule has 0 spiro atoms. The van der Waals surface area contributed by atoms with Crippen LogP contribution in [-0.2, 0) is 11.3 Å². The van der Waals surface area contributed by atoms with Crippen molar-refractivity contribution in [2.45, 2.75) is 26.4 Å². The Labute approximate surface area is 131 Å². The van der Waals surface area contributed by atoms with Gasteiger partial charge in [-0.05, 0) is 36.1 Å². The monoisotopic (exact) mass is 295 g/mol. The highest BCUT2D eigenvalue weighted by atomic mass is 16.2. The van der Waals surface area contributed by atoms with Crippen LogP contribution in [0.3, 0.4) is 0 Å². The van der Waals surface area contributed by atoms with Gasteiger partial charge in [-0.15, -0.1) is 0 Å². The number of carbonyl (C=O) groups is 1. The molecule has 2 heterocycles. The smallest absolute Gasteiger partial charge is 0.242 e. The summed E-state index contributed by atoms with van der Waals surface area (Å²) in [5.74, 6) is 0.0844. The molecule has 1 amide bonds. The Balaban J connectivity index is 1.90. The number of aryl methyl sites for hydroxylation is 2. The average Bonchev–Trinajstić information content (AvgIpc) is 2.49. The van der Waals surface area contributed by atoms with Crippen molar-refractivity contribution in [3.05, 3.63) is 65.0 Å². The molecule has 1 atom stereocenters. The van der Waals surface area contributed by atoms with Crippen molar-refractivity contribution in [1.29, 1.82) is 0 Å². The van der Waals surface area contributed by atoms with Crippen molar-refractivity contribution in [1.82, 2.24) is 15.2 Å². The van der Waals surface area contributed by atoms with Gasteiger partial charge in [0.1, 0.15) is 6.04 Å². The Morgan fingerprint density at radius 1 is 1.27 bits per heavy atom. The molecule has 3 rings (SSSR count). The molecule has 0 unspecified atom stereocenters. The highest BCUT2D eigenvalue weighted by Crippen LogP contribution is 2.27. The second-order valence-corrected chi connectivity index (χ2v) is 5.89. The predicted molar refractivity (Wildman–Crippen MR) is 86.3 cm³/mol. The number of nitrogens with zero attached hydrogens (tertiary/aromatic N) is 2. The summed E-state index contributed by atoms with van der Waals surface area (Å²) in [5, 5.41) is 2.99. The summed E-state index contributed by atoms with van der Waals surface area (Å²) in [6.07, 6.45) is 3.74. The number of piperazine rings is 1. The number of aromatic nitrogens is 1. The lowest BCUT2D eigenvalue weighted by Gasteiger charge is -2.36. The lowest BCUT2D eigenvalue weighted by atomic mass is 9.97. The van der Waals surface area contributed by atoms with Crippen molar-refractivity contribution < 1.29 is 4.79 Å². The van der Waals surface area contributed by atoms with E-state index >= 15 is 0 Å². The van der Waals surface area contributed by atoms with Gasteiger partial charge in [0, 0.05) is 32.0 Å². The van der Waals surface area contributed by atoms with Crippen LogP contribution in [0.4, 0.5) is 0 Å². The number of benzene rings is 1. The number of rotatable bonds is 3. The quantitative estimate of drug-likeness (QED) is 0.945. The zero-order valence-electron chi connectivity index (χ0n) is 13.0. The molecule has 22 heavy (non-hydrogen) atoms. The summed E-state index contributed by atoms with van der Waals surface area (Å²) >= 11 is 0. The molecule has 1 aromatic carbocycles. The Kier molecular flexibility index (Phi) is 4.20. The Bertz CT molecular complexity index is 684. The second-order valence-electron chi connectivity index (χ2n) is 5.89. The van der Waals surface area contributed by atoms with Crippen LogP contribution in [0.15, 0.2) is 42.7 Å². The fourth-order valence-corrected chi connectivity index (χ4v) is 3.05. The van der Waals surface area contributed by atoms with Gasteiger partial charge in [0.15, 0.2) is 0 Å². The minimum absolute atomic E-state index is 0.0844. The molecule has 1 aromatic heterocycles. The van der Waals surface area contributed by atoms with E-state index in [1.54, 1.807) is 0 Å². The molecule has 0 aliphatic carbocycles. The van der Waals surface area contributed by atoms with E-state index in [1.807, 2.05) is 37.5 Å². The molecule has 0 saturated carbocycles. The van der Waals surface area contributed by atoms with Crippen molar-refractivity contribution in [3.63, 3.8) is 0 Å². The van der Waals surface area contributed by atoms with Crippen molar-refractivity contribution in [3.8, 4) is 0 Å². The van der Waals surface area contributed by atoms with Gasteiger partial charge >= 0.3 is 0 Å². The summed E-state index contributed by atoms with van der Waals surface area (Å²) in [7, 11) is 0. The van der Waals surface area contributed by atoms with Gasteiger partial charge in [-0.25, -0.2) is 0 Å². The molecule has 1 N–H and O–H groups in total. The molecule has 1 aliphatic rings. The van der Waals surface area contributed by atoms with E-state index in [2.05, 4.69) is 34.3 Å². The minimum Gasteiger partial charge on any atom is -0.353 e. The highest BCUT2D eigenvalue weighted by molar-refractivity contribution is 5.84. The maximum atomic E-state index is 12.4. The summed E-state index contributed by atoms with van der Waals surface area (Å²) in [6, 6.07) is 10.0. The molecule has 4 nitrogen and oxygen atoms in total. The van der Waals surface area contributed by atoms with Crippen LogP contribution < -0.4 is 5.32 Å². The molecule has 1 saturated heterocycles. The third kappa shape index (κ3) is 3.02. The van der Waals surface area contributed by atoms with E-state index in [0.717, 1.165) is 35.3 Å². The van der Waals surface area contributed by atoms with E-state index in [0.29, 0.717) is 6.54 Å². The molecule has 2 aromatic rings. The molecule has 114 valence electrons. The Morgan fingerprint density at radius 3 is 2.86 bits per heavy atom. The maximum absolute atomic E-state index is 12.4. The highest BCUT2D eigenvalue weighted by Gasteiger charge is 2.31. The first kappa shape index (κ1) is 14.7. The summed E-state index contributed by atoms with van der Waals surface area (Å²) in [5.41, 5.74) is 4.52. The van der Waals surface area contributed by atoms with E-state index in [1.165, 1.54) is 0 Å². The number of pyridine rings is 1. The maximum Gasteiger partial charge on any atom is 0.242 e. The van der Waals surface area contributed by atoms with Gasteiger partial charge in [-0.3, -0.25) is 14.7 Å². The van der Waals surface area contributed by atoms with E-state index in [9.17, 15) is 4.79 Å². The molecule has 1 fully saturated rings. The minimum atomic E-state index is -0.226. The number of carbonyl (C=O) groups excluding carboxylic acids is 1. The van der Waals surface area contributed by atoms with Crippen molar-refractivity contribution in [2.24, 2.45) is 0 Å². The van der Waals surface area contributed by atoms with Crippen LogP contribution in [0.1, 0.15) is 28.3 Å². The molecular weight excluding hydrogens is 274 g/mol. The van der Waals surface area contributed by atoms with Gasteiger partial charge in [0.05, 0.1) is 0 Å². The molecule has 1 aliphatic heterocycles. The number of nitrogens with one attached hydrogen (secondary N) is 1. The zero-order valence-corrected chi connectivity index (χ0v) is 13.0. The summed E-state index contributed by atoms with van der Waals surface area (Å²) < 4.78 is 0. The van der Waals surface area contributed by atoms with Gasteiger partial charge in [-0.1, -0.05) is 30.3 Å². The summed E-state index contributed by atoms with van der Waals surface area (Å²) in [6.45, 7) is 6.38. The van der Waals surface area contributed by atoms with Gasteiger partial charge < -0.3 is 5.32 Å². The number of hydrogen-bond acceptors (Lipinski definition) is 3. The third-order valence-electron chi connectivity index (χ3n) is 4.11. The predicted octanol–water partition coefficient (Wildman–Crippen LogP) is 2.37. The second kappa shape index (κ2) is 6.28. The van der Waals surface area contributed by atoms with Crippen LogP contribution in [0.25, 0.3) is 0 Å². The van der Waals surface area contributed by atoms with Crippen LogP contribution >= 0.6 is 0 Å². The molecule has 0 radical (unpaired) electrons. The van der Waals surface area contributed by atoms with Gasteiger partial charge in [0.25, 0.3) is 0 Å². The largest absolute Gasteiger partial charge is 0.353 e. The molecule has 4 heteroatoms. The first-order valence-electron chi connectivity index (χ1n) is 7.63.